The van der Waals surface area contributed by atoms with Gasteiger partial charge in [-0.05, 0) is 30.6 Å². The lowest BCUT2D eigenvalue weighted by Gasteiger charge is -2.17. The fourth-order valence-corrected chi connectivity index (χ4v) is 1.94. The third kappa shape index (κ3) is 4.19. The number of amides is 1. The summed E-state index contributed by atoms with van der Waals surface area (Å²) in [5.74, 6) is 1.44. The number of nitrogens with two attached hydrogens (primary N) is 1. The summed E-state index contributed by atoms with van der Waals surface area (Å²) in [7, 11) is 3.76. The average Bonchev–Trinajstić information content (AvgIpc) is 2.36. The monoisotopic (exact) mass is 268 g/mol. The van der Waals surface area contributed by atoms with Gasteiger partial charge in [0.1, 0.15) is 0 Å². The van der Waals surface area contributed by atoms with Gasteiger partial charge < -0.3 is 16.0 Å². The number of pyridine rings is 1. The van der Waals surface area contributed by atoms with Gasteiger partial charge in [-0.25, -0.2) is 4.98 Å². The maximum absolute atomic E-state index is 11.9. The van der Waals surface area contributed by atoms with Gasteiger partial charge >= 0.3 is 0 Å². The van der Waals surface area contributed by atoms with Gasteiger partial charge in [0.2, 0.25) is 5.91 Å². The van der Waals surface area contributed by atoms with Gasteiger partial charge in [0.25, 0.3) is 0 Å². The first kappa shape index (κ1) is 14.8. The molecule has 0 bridgehead atoms. The van der Waals surface area contributed by atoms with Gasteiger partial charge in [-0.1, -0.05) is 0 Å². The Kier molecular flexibility index (Phi) is 5.94. The van der Waals surface area contributed by atoms with Crippen LogP contribution in [0.5, 0.6) is 0 Å². The first-order chi connectivity index (χ1) is 8.56. The molecule has 0 aliphatic carbocycles. The number of carbonyl (C=O) groups excluding carboxylic acids is 1. The highest BCUT2D eigenvalue weighted by atomic mass is 32.2. The Morgan fingerprint density at radius 3 is 2.94 bits per heavy atom. The minimum atomic E-state index is -0.479. The van der Waals surface area contributed by atoms with Gasteiger partial charge in [-0.15, -0.1) is 0 Å². The molecule has 100 valence electrons. The molecule has 5 nitrogen and oxygen atoms in total. The molecule has 0 spiro atoms. The molecule has 3 N–H and O–H groups in total. The molecule has 0 aliphatic heterocycles. The summed E-state index contributed by atoms with van der Waals surface area (Å²) in [6.45, 7) is 0. The zero-order valence-corrected chi connectivity index (χ0v) is 11.8. The van der Waals surface area contributed by atoms with E-state index >= 15 is 0 Å². The van der Waals surface area contributed by atoms with Crippen LogP contribution in [-0.2, 0) is 4.79 Å². The van der Waals surface area contributed by atoms with Crippen LogP contribution in [0.1, 0.15) is 6.42 Å². The van der Waals surface area contributed by atoms with Crippen molar-refractivity contribution in [3.8, 4) is 0 Å². The van der Waals surface area contributed by atoms with Crippen molar-refractivity contribution in [1.82, 2.24) is 4.98 Å². The summed E-state index contributed by atoms with van der Waals surface area (Å²) < 4.78 is 0. The van der Waals surface area contributed by atoms with Crippen LogP contribution < -0.4 is 16.0 Å². The fraction of sp³-hybridized carbons (Fsp3) is 0.500. The van der Waals surface area contributed by atoms with Gasteiger partial charge in [0.15, 0.2) is 5.82 Å². The van der Waals surface area contributed by atoms with E-state index in [0.29, 0.717) is 12.1 Å². The molecule has 1 aromatic rings. The predicted octanol–water partition coefficient (Wildman–Crippen LogP) is 1.17. The van der Waals surface area contributed by atoms with Crippen molar-refractivity contribution in [1.29, 1.82) is 0 Å². The highest BCUT2D eigenvalue weighted by Gasteiger charge is 2.15. The summed E-state index contributed by atoms with van der Waals surface area (Å²) in [6.07, 6.45) is 4.36. The van der Waals surface area contributed by atoms with E-state index in [1.54, 1.807) is 24.0 Å². The zero-order valence-electron chi connectivity index (χ0n) is 11.0. The molecule has 0 aliphatic rings. The van der Waals surface area contributed by atoms with Crippen LogP contribution in [0.4, 0.5) is 11.5 Å². The third-order valence-electron chi connectivity index (χ3n) is 2.44. The van der Waals surface area contributed by atoms with E-state index < -0.39 is 6.04 Å². The molecule has 6 heteroatoms. The van der Waals surface area contributed by atoms with Crippen molar-refractivity contribution in [2.45, 2.75) is 12.5 Å². The quantitative estimate of drug-likeness (QED) is 0.810. The molecule has 0 saturated heterocycles. The van der Waals surface area contributed by atoms with E-state index in [-0.39, 0.29) is 5.91 Å². The van der Waals surface area contributed by atoms with Crippen LogP contribution in [0.3, 0.4) is 0 Å². The number of aromatic nitrogens is 1. The number of hydrogen-bond donors (Lipinski definition) is 2. The normalized spacial score (nSPS) is 12.0. The van der Waals surface area contributed by atoms with Crippen molar-refractivity contribution < 1.29 is 4.79 Å². The Labute approximate surface area is 112 Å². The summed E-state index contributed by atoms with van der Waals surface area (Å²) in [4.78, 5) is 18.0. The Morgan fingerprint density at radius 1 is 1.61 bits per heavy atom. The highest BCUT2D eigenvalue weighted by molar-refractivity contribution is 7.98. The van der Waals surface area contributed by atoms with Crippen LogP contribution >= 0.6 is 11.8 Å². The van der Waals surface area contributed by atoms with E-state index in [2.05, 4.69) is 10.3 Å². The van der Waals surface area contributed by atoms with E-state index in [1.807, 2.05) is 31.3 Å². The lowest BCUT2D eigenvalue weighted by molar-refractivity contribution is -0.117. The molecule has 0 unspecified atom stereocenters. The standard InChI is InChI=1S/C12H20N4OS/c1-16(2)11-10(5-4-7-14-11)15-12(17)9(13)6-8-18-3/h4-5,7,9H,6,8,13H2,1-3H3,(H,15,17)/t9-/m1/s1. The lowest BCUT2D eigenvalue weighted by Crippen LogP contribution is -2.36. The number of nitrogens with zero attached hydrogens (tertiary/aromatic N) is 2. The van der Waals surface area contributed by atoms with Gasteiger partial charge in [0.05, 0.1) is 11.7 Å². The molecular weight excluding hydrogens is 248 g/mol. The second-order valence-corrected chi connectivity index (χ2v) is 5.13. The molecule has 1 heterocycles. The van der Waals surface area contributed by atoms with E-state index in [0.717, 1.165) is 11.6 Å². The maximum Gasteiger partial charge on any atom is 0.241 e. The first-order valence-corrected chi connectivity index (χ1v) is 7.13. The Balaban J connectivity index is 2.69. The molecule has 0 fully saturated rings. The largest absolute Gasteiger partial charge is 0.361 e. The Hall–Kier alpha value is -1.27. The second kappa shape index (κ2) is 7.23. The number of nitrogens with one attached hydrogen (secondary N) is 1. The summed E-state index contributed by atoms with van der Waals surface area (Å²) >= 11 is 1.68. The van der Waals surface area contributed by atoms with Crippen molar-refractivity contribution in [2.24, 2.45) is 5.73 Å². The summed E-state index contributed by atoms with van der Waals surface area (Å²) in [6, 6.07) is 3.13. The second-order valence-electron chi connectivity index (χ2n) is 4.15. The van der Waals surface area contributed by atoms with Crippen LogP contribution in [0.2, 0.25) is 0 Å². The third-order valence-corrected chi connectivity index (χ3v) is 3.08. The van der Waals surface area contributed by atoms with Crippen molar-refractivity contribution in [2.75, 3.05) is 36.3 Å². The molecule has 1 rings (SSSR count). The molecule has 1 aromatic heterocycles. The van der Waals surface area contributed by atoms with E-state index in [9.17, 15) is 4.79 Å². The van der Waals surface area contributed by atoms with Gasteiger partial charge in [-0.2, -0.15) is 11.8 Å². The van der Waals surface area contributed by atoms with Crippen molar-refractivity contribution in [3.05, 3.63) is 18.3 Å². The highest BCUT2D eigenvalue weighted by Crippen LogP contribution is 2.20. The first-order valence-electron chi connectivity index (χ1n) is 5.74. The molecule has 1 amide bonds. The maximum atomic E-state index is 11.9. The zero-order chi connectivity index (χ0) is 13.5. The number of rotatable bonds is 6. The smallest absolute Gasteiger partial charge is 0.241 e. The summed E-state index contributed by atoms with van der Waals surface area (Å²) in [5, 5.41) is 2.82. The molecule has 1 atom stereocenters. The topological polar surface area (TPSA) is 71.2 Å². The SMILES string of the molecule is CSCC[C@@H](N)C(=O)Nc1cccnc1N(C)C. The number of hydrogen-bond acceptors (Lipinski definition) is 5. The van der Waals surface area contributed by atoms with Crippen molar-refractivity contribution in [3.63, 3.8) is 0 Å². The van der Waals surface area contributed by atoms with Crippen LogP contribution in [-0.4, -0.2) is 43.0 Å². The number of carbonyl (C=O) groups is 1. The van der Waals surface area contributed by atoms with Gasteiger partial charge in [0, 0.05) is 20.3 Å². The Morgan fingerprint density at radius 2 is 2.33 bits per heavy atom. The van der Waals surface area contributed by atoms with E-state index in [1.165, 1.54) is 0 Å². The van der Waals surface area contributed by atoms with Gasteiger partial charge in [-0.3, -0.25) is 4.79 Å². The van der Waals surface area contributed by atoms with Crippen LogP contribution in [0, 0.1) is 0 Å². The minimum absolute atomic E-state index is 0.167. The van der Waals surface area contributed by atoms with Crippen molar-refractivity contribution >= 4 is 29.2 Å². The molecular formula is C12H20N4OS. The Bertz CT molecular complexity index is 397. The average molecular weight is 268 g/mol. The van der Waals surface area contributed by atoms with E-state index in [4.69, 9.17) is 5.73 Å². The lowest BCUT2D eigenvalue weighted by atomic mass is 10.2. The minimum Gasteiger partial charge on any atom is -0.361 e. The summed E-state index contributed by atoms with van der Waals surface area (Å²) in [5.41, 5.74) is 6.51. The number of anilines is 2. The molecule has 0 saturated carbocycles. The molecule has 18 heavy (non-hydrogen) atoms. The molecule has 0 radical (unpaired) electrons. The predicted molar refractivity (Wildman–Crippen MR) is 78.2 cm³/mol. The number of thioether (sulfide) groups is 1. The van der Waals surface area contributed by atoms with Crippen LogP contribution in [0.15, 0.2) is 18.3 Å². The molecule has 0 aromatic carbocycles. The fourth-order valence-electron chi connectivity index (χ4n) is 1.45. The van der Waals surface area contributed by atoms with Crippen LogP contribution in [0.25, 0.3) is 0 Å².